The Kier molecular flexibility index (Phi) is 8.92. The van der Waals surface area contributed by atoms with Gasteiger partial charge in [-0.1, -0.05) is 95.8 Å². The Bertz CT molecular complexity index is 848. The van der Waals surface area contributed by atoms with Crippen molar-refractivity contribution in [1.82, 2.24) is 4.98 Å². The lowest BCUT2D eigenvalue weighted by atomic mass is 10.0. The molecule has 0 unspecified atom stereocenters. The largest absolute Gasteiger partial charge is 0.354 e. The highest BCUT2D eigenvalue weighted by Crippen LogP contribution is 2.31. The quantitative estimate of drug-likeness (QED) is 0.254. The zero-order chi connectivity index (χ0) is 19.6. The van der Waals surface area contributed by atoms with Crippen LogP contribution >= 0.6 is 15.9 Å². The third-order valence-electron chi connectivity index (χ3n) is 5.97. The van der Waals surface area contributed by atoms with Crippen molar-refractivity contribution in [2.75, 3.05) is 0 Å². The number of unbranched alkanes of at least 4 members (excludes halogenated alkanes) is 11. The van der Waals surface area contributed by atoms with Gasteiger partial charge >= 0.3 is 0 Å². The zero-order valence-corrected chi connectivity index (χ0v) is 19.1. The minimum Gasteiger partial charge on any atom is -0.354 e. The first-order valence-electron chi connectivity index (χ1n) is 11.5. The fraction of sp³-hybridized carbons (Fsp3) is 0.538. The molecule has 0 saturated heterocycles. The standard InChI is InChI=1S/C26H36BrN/c1-2-3-4-5-6-7-8-9-10-11-12-13-15-21-18-19-25-23(20-21)22-16-14-17-24(27)26(22)28-25/h14,16-20,28H,2-13,15H2,1H3. The van der Waals surface area contributed by atoms with Crippen LogP contribution in [-0.2, 0) is 6.42 Å². The fourth-order valence-corrected chi connectivity index (χ4v) is 4.72. The van der Waals surface area contributed by atoms with Crippen LogP contribution in [0.2, 0.25) is 0 Å². The first-order chi connectivity index (χ1) is 13.8. The van der Waals surface area contributed by atoms with Crippen molar-refractivity contribution in [3.8, 4) is 0 Å². The molecule has 0 radical (unpaired) electrons. The zero-order valence-electron chi connectivity index (χ0n) is 17.5. The van der Waals surface area contributed by atoms with E-state index >= 15 is 0 Å². The Hall–Kier alpha value is -1.28. The number of aryl methyl sites for hydroxylation is 1. The molecule has 152 valence electrons. The van der Waals surface area contributed by atoms with Gasteiger partial charge in [-0.3, -0.25) is 0 Å². The van der Waals surface area contributed by atoms with Gasteiger partial charge in [0, 0.05) is 20.8 Å². The maximum Gasteiger partial charge on any atom is 0.0609 e. The number of para-hydroxylation sites is 1. The Morgan fingerprint density at radius 2 is 1.36 bits per heavy atom. The number of H-pyrrole nitrogens is 1. The van der Waals surface area contributed by atoms with E-state index < -0.39 is 0 Å². The van der Waals surface area contributed by atoms with E-state index in [1.165, 1.54) is 111 Å². The molecule has 2 aromatic carbocycles. The smallest absolute Gasteiger partial charge is 0.0609 e. The third-order valence-corrected chi connectivity index (χ3v) is 6.63. The Morgan fingerprint density at radius 3 is 2.04 bits per heavy atom. The number of rotatable bonds is 13. The van der Waals surface area contributed by atoms with E-state index in [9.17, 15) is 0 Å². The van der Waals surface area contributed by atoms with E-state index in [1.807, 2.05) is 0 Å². The molecule has 28 heavy (non-hydrogen) atoms. The van der Waals surface area contributed by atoms with Crippen LogP contribution in [-0.4, -0.2) is 4.98 Å². The van der Waals surface area contributed by atoms with E-state index in [1.54, 1.807) is 0 Å². The van der Waals surface area contributed by atoms with E-state index in [0.717, 1.165) is 4.47 Å². The van der Waals surface area contributed by atoms with Crippen LogP contribution in [0.15, 0.2) is 40.9 Å². The average molecular weight is 442 g/mol. The lowest BCUT2D eigenvalue weighted by Crippen LogP contribution is -1.87. The molecule has 1 nitrogen and oxygen atoms in total. The van der Waals surface area contributed by atoms with E-state index in [0.29, 0.717) is 0 Å². The van der Waals surface area contributed by atoms with Crippen LogP contribution in [0.3, 0.4) is 0 Å². The summed E-state index contributed by atoms with van der Waals surface area (Å²) in [7, 11) is 0. The number of aromatic nitrogens is 1. The number of halogens is 1. The second kappa shape index (κ2) is 11.7. The van der Waals surface area contributed by atoms with Gasteiger partial charge in [-0.05, 0) is 52.5 Å². The molecule has 0 aliphatic carbocycles. The molecular weight excluding hydrogens is 406 g/mol. The summed E-state index contributed by atoms with van der Waals surface area (Å²) in [5.74, 6) is 0. The van der Waals surface area contributed by atoms with Gasteiger partial charge in [0.1, 0.15) is 0 Å². The molecule has 0 fully saturated rings. The van der Waals surface area contributed by atoms with Crippen molar-refractivity contribution < 1.29 is 0 Å². The van der Waals surface area contributed by atoms with Crippen LogP contribution < -0.4 is 0 Å². The number of nitrogens with one attached hydrogen (secondary N) is 1. The van der Waals surface area contributed by atoms with Gasteiger partial charge < -0.3 is 4.98 Å². The predicted octanol–water partition coefficient (Wildman–Crippen LogP) is 9.33. The highest BCUT2D eigenvalue weighted by molar-refractivity contribution is 9.10. The average Bonchev–Trinajstić information content (AvgIpc) is 3.08. The fourth-order valence-electron chi connectivity index (χ4n) is 4.26. The summed E-state index contributed by atoms with van der Waals surface area (Å²) in [5, 5.41) is 2.67. The SMILES string of the molecule is CCCCCCCCCCCCCCc1ccc2[nH]c3c(Br)cccc3c2c1. The van der Waals surface area contributed by atoms with Crippen LogP contribution in [0.25, 0.3) is 21.8 Å². The summed E-state index contributed by atoms with van der Waals surface area (Å²) < 4.78 is 1.14. The van der Waals surface area contributed by atoms with Gasteiger partial charge in [0.25, 0.3) is 0 Å². The number of fused-ring (bicyclic) bond motifs is 3. The van der Waals surface area contributed by atoms with Crippen molar-refractivity contribution in [3.63, 3.8) is 0 Å². The van der Waals surface area contributed by atoms with Gasteiger partial charge in [-0.25, -0.2) is 0 Å². The normalized spacial score (nSPS) is 11.6. The van der Waals surface area contributed by atoms with Crippen molar-refractivity contribution in [2.45, 2.75) is 90.4 Å². The van der Waals surface area contributed by atoms with Crippen LogP contribution in [0.4, 0.5) is 0 Å². The molecule has 0 spiro atoms. The molecule has 0 bridgehead atoms. The van der Waals surface area contributed by atoms with Gasteiger partial charge in [0.2, 0.25) is 0 Å². The van der Waals surface area contributed by atoms with E-state index in [4.69, 9.17) is 0 Å². The van der Waals surface area contributed by atoms with Crippen molar-refractivity contribution in [1.29, 1.82) is 0 Å². The maximum atomic E-state index is 3.66. The molecule has 2 heteroatoms. The van der Waals surface area contributed by atoms with Gasteiger partial charge in [0.05, 0.1) is 5.52 Å². The molecule has 3 aromatic rings. The second-order valence-corrected chi connectivity index (χ2v) is 9.16. The minimum absolute atomic E-state index is 1.14. The van der Waals surface area contributed by atoms with Gasteiger partial charge in [0.15, 0.2) is 0 Å². The highest BCUT2D eigenvalue weighted by atomic mass is 79.9. The number of hydrogen-bond acceptors (Lipinski definition) is 0. The van der Waals surface area contributed by atoms with E-state index in [2.05, 4.69) is 64.2 Å². The maximum absolute atomic E-state index is 3.66. The number of benzene rings is 2. The molecule has 0 aliphatic heterocycles. The Labute approximate surface area is 179 Å². The predicted molar refractivity (Wildman–Crippen MR) is 128 cm³/mol. The summed E-state index contributed by atoms with van der Waals surface area (Å²) in [4.78, 5) is 3.54. The summed E-state index contributed by atoms with van der Waals surface area (Å²) in [6.45, 7) is 2.29. The van der Waals surface area contributed by atoms with Gasteiger partial charge in [-0.2, -0.15) is 0 Å². The lowest BCUT2D eigenvalue weighted by Gasteiger charge is -2.04. The first kappa shape index (κ1) is 21.4. The molecular formula is C26H36BrN. The second-order valence-electron chi connectivity index (χ2n) is 8.31. The molecule has 1 heterocycles. The Morgan fingerprint density at radius 1 is 0.714 bits per heavy atom. The van der Waals surface area contributed by atoms with Crippen molar-refractivity contribution in [2.24, 2.45) is 0 Å². The minimum atomic E-state index is 1.14. The molecule has 0 aliphatic rings. The summed E-state index contributed by atoms with van der Waals surface area (Å²) in [6.07, 6.45) is 18.2. The monoisotopic (exact) mass is 441 g/mol. The van der Waals surface area contributed by atoms with Crippen LogP contribution in [0.1, 0.15) is 89.5 Å². The highest BCUT2D eigenvalue weighted by Gasteiger charge is 2.07. The van der Waals surface area contributed by atoms with Crippen molar-refractivity contribution in [3.05, 3.63) is 46.4 Å². The van der Waals surface area contributed by atoms with E-state index in [-0.39, 0.29) is 0 Å². The third kappa shape index (κ3) is 6.11. The molecule has 1 aromatic heterocycles. The lowest BCUT2D eigenvalue weighted by molar-refractivity contribution is 0.544. The van der Waals surface area contributed by atoms with Crippen LogP contribution in [0, 0.1) is 0 Å². The molecule has 0 atom stereocenters. The molecule has 0 amide bonds. The molecule has 1 N–H and O–H groups in total. The summed E-state index contributed by atoms with van der Waals surface area (Å²) >= 11 is 3.66. The molecule has 3 rings (SSSR count). The van der Waals surface area contributed by atoms with Crippen LogP contribution in [0.5, 0.6) is 0 Å². The Balaban J connectivity index is 1.34. The van der Waals surface area contributed by atoms with Gasteiger partial charge in [-0.15, -0.1) is 0 Å². The summed E-state index contributed by atoms with van der Waals surface area (Å²) in [5.41, 5.74) is 3.92. The molecule has 0 saturated carbocycles. The van der Waals surface area contributed by atoms with Crippen molar-refractivity contribution >= 4 is 37.7 Å². The first-order valence-corrected chi connectivity index (χ1v) is 12.3. The summed E-state index contributed by atoms with van der Waals surface area (Å²) in [6, 6.07) is 13.4. The topological polar surface area (TPSA) is 15.8 Å². The number of aromatic amines is 1. The number of hydrogen-bond donors (Lipinski definition) is 1.